The van der Waals surface area contributed by atoms with E-state index in [1.54, 1.807) is 21.6 Å². The van der Waals surface area contributed by atoms with E-state index in [2.05, 4.69) is 10.6 Å². The summed E-state index contributed by atoms with van der Waals surface area (Å²) in [5.74, 6) is -0.0685. The zero-order valence-electron chi connectivity index (χ0n) is 15.1. The van der Waals surface area contributed by atoms with Crippen molar-refractivity contribution in [1.29, 1.82) is 0 Å². The fourth-order valence-corrected chi connectivity index (χ4v) is 4.03. The van der Waals surface area contributed by atoms with Crippen LogP contribution in [0.15, 0.2) is 58.3 Å². The molecule has 0 aliphatic carbocycles. The first-order chi connectivity index (χ1) is 12.6. The van der Waals surface area contributed by atoms with E-state index >= 15 is 0 Å². The van der Waals surface area contributed by atoms with Gasteiger partial charge in [0.1, 0.15) is 0 Å². The predicted octanol–water partition coefficient (Wildman–Crippen LogP) is 4.77. The second-order valence-electron chi connectivity index (χ2n) is 5.73. The van der Waals surface area contributed by atoms with Gasteiger partial charge in [0.15, 0.2) is 0 Å². The molecule has 0 saturated carbocycles. The molecule has 0 atom stereocenters. The van der Waals surface area contributed by atoms with Gasteiger partial charge >= 0.3 is 0 Å². The van der Waals surface area contributed by atoms with Crippen LogP contribution in [0.4, 0.5) is 0 Å². The van der Waals surface area contributed by atoms with Crippen molar-refractivity contribution in [2.24, 2.45) is 0 Å². The van der Waals surface area contributed by atoms with E-state index in [1.807, 2.05) is 62.4 Å². The second kappa shape index (κ2) is 10.9. The molecule has 0 spiro atoms. The number of amides is 2. The molecule has 138 valence electrons. The summed E-state index contributed by atoms with van der Waals surface area (Å²) in [5.41, 5.74) is 1.35. The fourth-order valence-electron chi connectivity index (χ4n) is 2.10. The first kappa shape index (κ1) is 20.4. The smallest absolute Gasteiger partial charge is 0.251 e. The highest BCUT2D eigenvalue weighted by molar-refractivity contribution is 8.76. The van der Waals surface area contributed by atoms with Crippen LogP contribution < -0.4 is 10.6 Å². The molecule has 6 heteroatoms. The van der Waals surface area contributed by atoms with Crippen molar-refractivity contribution in [3.8, 4) is 0 Å². The van der Waals surface area contributed by atoms with Gasteiger partial charge in [-0.3, -0.25) is 9.59 Å². The summed E-state index contributed by atoms with van der Waals surface area (Å²) in [5, 5.41) is 5.74. The van der Waals surface area contributed by atoms with Crippen molar-refractivity contribution in [3.63, 3.8) is 0 Å². The molecule has 0 heterocycles. The van der Waals surface area contributed by atoms with Gasteiger partial charge in [0, 0.05) is 34.0 Å². The first-order valence-corrected chi connectivity index (χ1v) is 10.9. The molecular weight excluding hydrogens is 364 g/mol. The summed E-state index contributed by atoms with van der Waals surface area (Å²) in [6.07, 6.45) is 1.85. The molecule has 0 saturated heterocycles. The van der Waals surface area contributed by atoms with Gasteiger partial charge in [0.2, 0.25) is 0 Å². The maximum absolute atomic E-state index is 11.9. The molecule has 0 radical (unpaired) electrons. The fraction of sp³-hybridized carbons (Fsp3) is 0.300. The van der Waals surface area contributed by atoms with E-state index in [1.165, 1.54) is 0 Å². The van der Waals surface area contributed by atoms with Crippen LogP contribution in [0.1, 0.15) is 47.4 Å². The summed E-state index contributed by atoms with van der Waals surface area (Å²) in [7, 11) is 3.25. The van der Waals surface area contributed by atoms with E-state index in [0.717, 1.165) is 22.6 Å². The third-order valence-corrected chi connectivity index (χ3v) is 5.96. The minimum absolute atomic E-state index is 0.0343. The Balaban J connectivity index is 1.86. The molecular formula is C20H24N2O2S2. The summed E-state index contributed by atoms with van der Waals surface area (Å²) in [4.78, 5) is 25.9. The van der Waals surface area contributed by atoms with Crippen LogP contribution in [0.25, 0.3) is 0 Å². The number of hydrogen-bond acceptors (Lipinski definition) is 4. The molecule has 0 fully saturated rings. The largest absolute Gasteiger partial charge is 0.352 e. The molecule has 2 amide bonds. The quantitative estimate of drug-likeness (QED) is 0.608. The summed E-state index contributed by atoms with van der Waals surface area (Å²) in [6, 6.07) is 15.2. The third-order valence-electron chi connectivity index (χ3n) is 3.54. The van der Waals surface area contributed by atoms with Gasteiger partial charge in [0.05, 0.1) is 0 Å². The Bertz CT molecular complexity index is 652. The lowest BCUT2D eigenvalue weighted by Crippen LogP contribution is -2.23. The molecule has 0 bridgehead atoms. The van der Waals surface area contributed by atoms with Crippen molar-refractivity contribution in [2.45, 2.75) is 36.5 Å². The van der Waals surface area contributed by atoms with E-state index in [-0.39, 0.29) is 11.8 Å². The normalized spacial score (nSPS) is 10.4. The van der Waals surface area contributed by atoms with Gasteiger partial charge < -0.3 is 10.6 Å². The highest BCUT2D eigenvalue weighted by Crippen LogP contribution is 2.37. The minimum Gasteiger partial charge on any atom is -0.352 e. The lowest BCUT2D eigenvalue weighted by atomic mass is 10.2. The number of hydrogen-bond donors (Lipinski definition) is 2. The summed E-state index contributed by atoms with van der Waals surface area (Å²) >= 11 is 0. The van der Waals surface area contributed by atoms with E-state index in [9.17, 15) is 9.59 Å². The highest BCUT2D eigenvalue weighted by Gasteiger charge is 2.06. The van der Waals surface area contributed by atoms with Crippen molar-refractivity contribution in [2.75, 3.05) is 13.1 Å². The van der Waals surface area contributed by atoms with Crippen molar-refractivity contribution in [3.05, 3.63) is 59.7 Å². The van der Waals surface area contributed by atoms with Crippen LogP contribution >= 0.6 is 21.6 Å². The Morgan fingerprint density at radius 3 is 1.35 bits per heavy atom. The Morgan fingerprint density at radius 1 is 0.692 bits per heavy atom. The predicted molar refractivity (Wildman–Crippen MR) is 110 cm³/mol. The van der Waals surface area contributed by atoms with Gasteiger partial charge in [-0.2, -0.15) is 0 Å². The number of rotatable bonds is 9. The molecule has 0 aromatic heterocycles. The number of benzene rings is 2. The second-order valence-corrected chi connectivity index (χ2v) is 8.00. The lowest BCUT2D eigenvalue weighted by Gasteiger charge is -2.06. The van der Waals surface area contributed by atoms with Crippen LogP contribution in [0.5, 0.6) is 0 Å². The molecule has 2 rings (SSSR count). The standard InChI is InChI=1S/C20H24N2O2S2/c1-3-13-21-19(23)15-5-9-17(10-6-15)25-26-18-11-7-16(8-12-18)20(24)22-14-4-2/h5-12H,3-4,13-14H2,1-2H3,(H,21,23)(H,22,24). The summed E-state index contributed by atoms with van der Waals surface area (Å²) < 4.78 is 0. The summed E-state index contributed by atoms with van der Waals surface area (Å²) in [6.45, 7) is 5.44. The van der Waals surface area contributed by atoms with Crippen LogP contribution in [0.3, 0.4) is 0 Å². The molecule has 26 heavy (non-hydrogen) atoms. The Morgan fingerprint density at radius 2 is 1.04 bits per heavy atom. The lowest BCUT2D eigenvalue weighted by molar-refractivity contribution is 0.0945. The van der Waals surface area contributed by atoms with Gasteiger partial charge in [-0.1, -0.05) is 35.4 Å². The molecule has 4 nitrogen and oxygen atoms in total. The Labute approximate surface area is 162 Å². The van der Waals surface area contributed by atoms with Crippen LogP contribution in [0, 0.1) is 0 Å². The highest BCUT2D eigenvalue weighted by atomic mass is 33.1. The maximum Gasteiger partial charge on any atom is 0.251 e. The minimum atomic E-state index is -0.0343. The third kappa shape index (κ3) is 6.42. The molecule has 0 aliphatic rings. The first-order valence-electron chi connectivity index (χ1n) is 8.75. The van der Waals surface area contributed by atoms with Crippen molar-refractivity contribution in [1.82, 2.24) is 10.6 Å². The van der Waals surface area contributed by atoms with Gasteiger partial charge in [0.25, 0.3) is 11.8 Å². The SMILES string of the molecule is CCCNC(=O)c1ccc(SSc2ccc(C(=O)NCCC)cc2)cc1. The van der Waals surface area contributed by atoms with Gasteiger partial charge in [-0.05, 0) is 61.4 Å². The van der Waals surface area contributed by atoms with Crippen molar-refractivity contribution < 1.29 is 9.59 Å². The topological polar surface area (TPSA) is 58.2 Å². The Kier molecular flexibility index (Phi) is 8.58. The molecule has 0 aliphatic heterocycles. The van der Waals surface area contributed by atoms with Crippen LogP contribution in [0.2, 0.25) is 0 Å². The number of carbonyl (C=O) groups is 2. The van der Waals surface area contributed by atoms with Gasteiger partial charge in [-0.25, -0.2) is 0 Å². The molecule has 0 unspecified atom stereocenters. The number of carbonyl (C=O) groups excluding carboxylic acids is 2. The van der Waals surface area contributed by atoms with Gasteiger partial charge in [-0.15, -0.1) is 0 Å². The monoisotopic (exact) mass is 388 g/mol. The zero-order valence-corrected chi connectivity index (χ0v) is 16.7. The number of nitrogens with one attached hydrogen (secondary N) is 2. The van der Waals surface area contributed by atoms with Crippen molar-refractivity contribution >= 4 is 33.4 Å². The van der Waals surface area contributed by atoms with Crippen LogP contribution in [-0.4, -0.2) is 24.9 Å². The van der Waals surface area contributed by atoms with E-state index in [4.69, 9.17) is 0 Å². The average Bonchev–Trinajstić information content (AvgIpc) is 2.69. The molecule has 2 aromatic carbocycles. The van der Waals surface area contributed by atoms with E-state index in [0.29, 0.717) is 24.2 Å². The average molecular weight is 389 g/mol. The molecule has 2 aromatic rings. The maximum atomic E-state index is 11.9. The van der Waals surface area contributed by atoms with E-state index < -0.39 is 0 Å². The zero-order chi connectivity index (χ0) is 18.8. The Hall–Kier alpha value is -1.92. The van der Waals surface area contributed by atoms with Crippen LogP contribution in [-0.2, 0) is 0 Å². The molecule has 2 N–H and O–H groups in total.